The largest absolute Gasteiger partial charge is 0.573 e. The number of likely N-dealkylation sites (tertiary alicyclic amines) is 1. The van der Waals surface area contributed by atoms with Crippen molar-refractivity contribution in [3.05, 3.63) is 29.8 Å². The number of fused-ring (bicyclic) bond motifs is 1. The van der Waals surface area contributed by atoms with E-state index in [0.717, 1.165) is 18.4 Å². The van der Waals surface area contributed by atoms with Gasteiger partial charge >= 0.3 is 6.36 Å². The standard InChI is InChI=1S/C21H27F3N2O3.C2H6/c1-3-14(12-25-18(27)4-2)19(28)26-10-9-20(11-16(20)13-26)15-5-7-17(8-6-15)29-21(22,23)24;1-2/h5-8,14,16H,3-4,9-13H2,1-2H3,(H,25,27);1-2H3. The third kappa shape index (κ3) is 6.14. The van der Waals surface area contributed by atoms with Crippen molar-refractivity contribution < 1.29 is 27.5 Å². The Morgan fingerprint density at radius 1 is 1.23 bits per heavy atom. The molecule has 1 aromatic rings. The SMILES string of the molecule is CC.CCC(=O)NCC(CC)C(=O)N1CCC2(c3ccc(OC(F)(F)F)cc3)CC2C1. The maximum absolute atomic E-state index is 12.9. The summed E-state index contributed by atoms with van der Waals surface area (Å²) in [7, 11) is 0. The minimum Gasteiger partial charge on any atom is -0.406 e. The predicted octanol–water partition coefficient (Wildman–Crippen LogP) is 4.65. The molecule has 0 spiro atoms. The van der Waals surface area contributed by atoms with Gasteiger partial charge < -0.3 is 15.0 Å². The van der Waals surface area contributed by atoms with Gasteiger partial charge in [-0.2, -0.15) is 0 Å². The average Bonchev–Trinajstić information content (AvgIpc) is 3.49. The van der Waals surface area contributed by atoms with Crippen molar-refractivity contribution in [2.75, 3.05) is 19.6 Å². The number of ether oxygens (including phenoxy) is 1. The van der Waals surface area contributed by atoms with Crippen molar-refractivity contribution in [2.24, 2.45) is 11.8 Å². The van der Waals surface area contributed by atoms with Gasteiger partial charge in [0.1, 0.15) is 5.75 Å². The number of amides is 2. The topological polar surface area (TPSA) is 58.6 Å². The number of benzene rings is 1. The summed E-state index contributed by atoms with van der Waals surface area (Å²) in [5.41, 5.74) is 0.956. The van der Waals surface area contributed by atoms with Gasteiger partial charge in [-0.25, -0.2) is 0 Å². The molecule has 1 aromatic carbocycles. The monoisotopic (exact) mass is 442 g/mol. The van der Waals surface area contributed by atoms with E-state index in [1.54, 1.807) is 19.1 Å². The lowest BCUT2D eigenvalue weighted by Crippen LogP contribution is -2.46. The molecule has 5 nitrogen and oxygen atoms in total. The molecule has 3 unspecified atom stereocenters. The summed E-state index contributed by atoms with van der Waals surface area (Å²) in [6.07, 6.45) is -1.91. The molecule has 31 heavy (non-hydrogen) atoms. The molecule has 2 fully saturated rings. The molecular formula is C23H33F3N2O3. The highest BCUT2D eigenvalue weighted by atomic mass is 19.4. The van der Waals surface area contributed by atoms with Gasteiger partial charge in [-0.15, -0.1) is 13.2 Å². The number of nitrogens with zero attached hydrogens (tertiary/aromatic N) is 1. The van der Waals surface area contributed by atoms with E-state index >= 15 is 0 Å². The third-order valence-corrected chi connectivity index (χ3v) is 6.18. The summed E-state index contributed by atoms with van der Waals surface area (Å²) in [6.45, 7) is 9.34. The predicted molar refractivity (Wildman–Crippen MR) is 113 cm³/mol. The first-order valence-electron chi connectivity index (χ1n) is 11.1. The highest BCUT2D eigenvalue weighted by Gasteiger charge is 2.58. The van der Waals surface area contributed by atoms with Crippen LogP contribution in [-0.2, 0) is 15.0 Å². The van der Waals surface area contributed by atoms with Crippen molar-refractivity contribution in [1.82, 2.24) is 10.2 Å². The molecule has 0 bridgehead atoms. The number of carbonyl (C=O) groups excluding carboxylic acids is 2. The Morgan fingerprint density at radius 3 is 2.39 bits per heavy atom. The van der Waals surface area contributed by atoms with Gasteiger partial charge in [0.05, 0.1) is 5.92 Å². The van der Waals surface area contributed by atoms with E-state index < -0.39 is 6.36 Å². The van der Waals surface area contributed by atoms with Gasteiger partial charge in [0.25, 0.3) is 0 Å². The summed E-state index contributed by atoms with van der Waals surface area (Å²) < 4.78 is 40.9. The quantitative estimate of drug-likeness (QED) is 0.669. The van der Waals surface area contributed by atoms with Gasteiger partial charge in [-0.05, 0) is 42.9 Å². The van der Waals surface area contributed by atoms with Crippen LogP contribution in [0.3, 0.4) is 0 Å². The zero-order chi connectivity index (χ0) is 23.2. The number of nitrogens with one attached hydrogen (secondary N) is 1. The van der Waals surface area contributed by atoms with Gasteiger partial charge in [-0.3, -0.25) is 9.59 Å². The lowest BCUT2D eigenvalue weighted by Gasteiger charge is -2.34. The van der Waals surface area contributed by atoms with Gasteiger partial charge in [0.2, 0.25) is 11.8 Å². The third-order valence-electron chi connectivity index (χ3n) is 6.18. The fourth-order valence-corrected chi connectivity index (χ4v) is 4.33. The maximum Gasteiger partial charge on any atom is 0.573 e. The van der Waals surface area contributed by atoms with Crippen LogP contribution in [-0.4, -0.2) is 42.7 Å². The van der Waals surface area contributed by atoms with Crippen LogP contribution in [0.2, 0.25) is 0 Å². The Labute approximate surface area is 182 Å². The zero-order valence-corrected chi connectivity index (χ0v) is 18.7. The van der Waals surface area contributed by atoms with E-state index in [4.69, 9.17) is 0 Å². The first-order valence-corrected chi connectivity index (χ1v) is 11.1. The highest BCUT2D eigenvalue weighted by Crippen LogP contribution is 2.59. The van der Waals surface area contributed by atoms with E-state index in [0.29, 0.717) is 38.4 Å². The second-order valence-corrected chi connectivity index (χ2v) is 7.93. The van der Waals surface area contributed by atoms with Crippen molar-refractivity contribution in [3.8, 4) is 5.75 Å². The molecule has 0 aromatic heterocycles. The van der Waals surface area contributed by atoms with Crippen molar-refractivity contribution >= 4 is 11.8 Å². The van der Waals surface area contributed by atoms with Crippen LogP contribution in [0.4, 0.5) is 13.2 Å². The van der Waals surface area contributed by atoms with Crippen LogP contribution in [0.1, 0.15) is 58.9 Å². The summed E-state index contributed by atoms with van der Waals surface area (Å²) >= 11 is 0. The molecule has 1 heterocycles. The smallest absolute Gasteiger partial charge is 0.406 e. The van der Waals surface area contributed by atoms with Crippen LogP contribution in [0.15, 0.2) is 24.3 Å². The van der Waals surface area contributed by atoms with Crippen LogP contribution in [0, 0.1) is 11.8 Å². The summed E-state index contributed by atoms with van der Waals surface area (Å²) in [5.74, 6) is -0.123. The van der Waals surface area contributed by atoms with Crippen LogP contribution in [0.5, 0.6) is 5.75 Å². The fourth-order valence-electron chi connectivity index (χ4n) is 4.33. The molecule has 8 heteroatoms. The number of hydrogen-bond acceptors (Lipinski definition) is 3. The summed E-state index contributed by atoms with van der Waals surface area (Å²) in [6, 6.07) is 6.11. The van der Waals surface area contributed by atoms with Crippen LogP contribution >= 0.6 is 0 Å². The average molecular weight is 443 g/mol. The summed E-state index contributed by atoms with van der Waals surface area (Å²) in [5, 5.41) is 2.80. The number of alkyl halides is 3. The lowest BCUT2D eigenvalue weighted by atomic mass is 9.86. The van der Waals surface area contributed by atoms with E-state index in [9.17, 15) is 22.8 Å². The molecule has 1 saturated heterocycles. The van der Waals surface area contributed by atoms with Crippen molar-refractivity contribution in [2.45, 2.75) is 65.2 Å². The Hall–Kier alpha value is -2.25. The lowest BCUT2D eigenvalue weighted by molar-refractivity contribution is -0.274. The van der Waals surface area contributed by atoms with Gasteiger partial charge in [-0.1, -0.05) is 39.8 Å². The normalized spacial score (nSPS) is 23.1. The van der Waals surface area contributed by atoms with E-state index in [1.807, 2.05) is 25.7 Å². The first kappa shape index (κ1) is 25.0. The van der Waals surface area contributed by atoms with Crippen LogP contribution < -0.4 is 10.1 Å². The second-order valence-electron chi connectivity index (χ2n) is 7.93. The minimum absolute atomic E-state index is 0.0499. The fraction of sp³-hybridized carbons (Fsp3) is 0.652. The van der Waals surface area contributed by atoms with E-state index in [-0.39, 0.29) is 28.9 Å². The molecule has 3 rings (SSSR count). The number of rotatable bonds is 7. The molecule has 1 aliphatic carbocycles. The number of halogens is 3. The Balaban J connectivity index is 0.00000166. The molecule has 2 aliphatic rings. The molecule has 1 aliphatic heterocycles. The first-order chi connectivity index (χ1) is 14.7. The Morgan fingerprint density at radius 2 is 1.87 bits per heavy atom. The molecule has 1 saturated carbocycles. The Bertz CT molecular complexity index is 751. The van der Waals surface area contributed by atoms with Crippen molar-refractivity contribution in [3.63, 3.8) is 0 Å². The van der Waals surface area contributed by atoms with E-state index in [2.05, 4.69) is 10.1 Å². The van der Waals surface area contributed by atoms with Gasteiger partial charge in [0.15, 0.2) is 0 Å². The molecule has 1 N–H and O–H groups in total. The van der Waals surface area contributed by atoms with Gasteiger partial charge in [0, 0.05) is 31.5 Å². The molecule has 2 amide bonds. The number of hydrogen-bond donors (Lipinski definition) is 1. The zero-order valence-electron chi connectivity index (χ0n) is 18.7. The van der Waals surface area contributed by atoms with E-state index in [1.165, 1.54) is 12.1 Å². The van der Waals surface area contributed by atoms with Crippen LogP contribution in [0.25, 0.3) is 0 Å². The minimum atomic E-state index is -4.69. The number of carbonyl (C=O) groups is 2. The number of piperidine rings is 1. The second kappa shape index (κ2) is 10.4. The summed E-state index contributed by atoms with van der Waals surface area (Å²) in [4.78, 5) is 26.2. The Kier molecular flexibility index (Phi) is 8.37. The molecule has 3 atom stereocenters. The van der Waals surface area contributed by atoms with Crippen molar-refractivity contribution in [1.29, 1.82) is 0 Å². The molecule has 174 valence electrons. The molecular weight excluding hydrogens is 409 g/mol. The molecule has 0 radical (unpaired) electrons. The maximum atomic E-state index is 12.9. The highest BCUT2D eigenvalue weighted by molar-refractivity contribution is 5.81.